The second-order valence-electron chi connectivity index (χ2n) is 3.86. The number of hydrogen-bond acceptors (Lipinski definition) is 2. The molecule has 0 spiro atoms. The highest BCUT2D eigenvalue weighted by molar-refractivity contribution is 7.80. The fourth-order valence-electron chi connectivity index (χ4n) is 1.81. The predicted octanol–water partition coefficient (Wildman–Crippen LogP) is 1.20. The highest BCUT2D eigenvalue weighted by Gasteiger charge is 2.23. The molecule has 0 aromatic heterocycles. The number of likely N-dealkylation sites (tertiary alicyclic amines) is 1. The molecule has 0 aromatic rings. The lowest BCUT2D eigenvalue weighted by Gasteiger charge is -2.27. The molecule has 0 radical (unpaired) electrons. The summed E-state index contributed by atoms with van der Waals surface area (Å²) in [5.74, 6) is 0. The molecular formula is C10H19N3OS. The molecule has 1 heterocycles. The van der Waals surface area contributed by atoms with E-state index < -0.39 is 0 Å². The first kappa shape index (κ1) is 12.2. The zero-order valence-corrected chi connectivity index (χ0v) is 10.1. The number of carbonyl (C=O) groups is 1. The second kappa shape index (κ2) is 5.90. The van der Waals surface area contributed by atoms with E-state index in [-0.39, 0.29) is 6.03 Å². The van der Waals surface area contributed by atoms with Crippen molar-refractivity contribution in [1.29, 1.82) is 0 Å². The minimum Gasteiger partial charge on any atom is -0.392 e. The average Bonchev–Trinajstić information content (AvgIpc) is 2.68. The summed E-state index contributed by atoms with van der Waals surface area (Å²) in [4.78, 5) is 16.0. The van der Waals surface area contributed by atoms with Crippen LogP contribution in [0.1, 0.15) is 26.2 Å². The van der Waals surface area contributed by atoms with Crippen LogP contribution in [0.15, 0.2) is 0 Å². The fraction of sp³-hybridized carbons (Fsp3) is 0.800. The van der Waals surface area contributed by atoms with Gasteiger partial charge in [0, 0.05) is 19.6 Å². The molecule has 1 saturated heterocycles. The van der Waals surface area contributed by atoms with Crippen molar-refractivity contribution in [2.75, 3.05) is 26.2 Å². The van der Waals surface area contributed by atoms with Crippen LogP contribution in [0, 0.1) is 0 Å². The summed E-state index contributed by atoms with van der Waals surface area (Å²) in [5.41, 5.74) is 5.48. The van der Waals surface area contributed by atoms with Gasteiger partial charge in [0.25, 0.3) is 0 Å². The first-order valence-electron chi connectivity index (χ1n) is 5.47. The Hall–Kier alpha value is -0.840. The summed E-state index contributed by atoms with van der Waals surface area (Å²) >= 11 is 4.85. The zero-order valence-electron chi connectivity index (χ0n) is 9.24. The Bertz CT molecular complexity index is 239. The van der Waals surface area contributed by atoms with Gasteiger partial charge in [0.15, 0.2) is 0 Å². The lowest BCUT2D eigenvalue weighted by atomic mass is 10.4. The summed E-state index contributed by atoms with van der Waals surface area (Å²) in [6.07, 6.45) is 3.15. The van der Waals surface area contributed by atoms with Crippen molar-refractivity contribution in [2.24, 2.45) is 5.73 Å². The summed E-state index contributed by atoms with van der Waals surface area (Å²) in [5, 5.41) is 0. The quantitative estimate of drug-likeness (QED) is 0.737. The standard InChI is InChI=1S/C10H19N3OS/c1-2-5-13(8-9(11)15)10(14)12-6-3-4-7-12/h2-8H2,1H3,(H2,11,15). The van der Waals surface area contributed by atoms with Crippen molar-refractivity contribution < 1.29 is 4.79 Å². The lowest BCUT2D eigenvalue weighted by molar-refractivity contribution is 0.169. The molecule has 0 aliphatic carbocycles. The van der Waals surface area contributed by atoms with Crippen LogP contribution >= 0.6 is 12.2 Å². The van der Waals surface area contributed by atoms with E-state index in [2.05, 4.69) is 0 Å². The van der Waals surface area contributed by atoms with E-state index in [1.807, 2.05) is 11.8 Å². The fourth-order valence-corrected chi connectivity index (χ4v) is 1.96. The van der Waals surface area contributed by atoms with Gasteiger partial charge in [-0.05, 0) is 19.3 Å². The molecule has 1 aliphatic heterocycles. The summed E-state index contributed by atoms with van der Waals surface area (Å²) < 4.78 is 0. The Kier molecular flexibility index (Phi) is 4.81. The maximum absolute atomic E-state index is 12.0. The predicted molar refractivity (Wildman–Crippen MR) is 64.9 cm³/mol. The number of nitrogens with two attached hydrogens (primary N) is 1. The van der Waals surface area contributed by atoms with Gasteiger partial charge in [0.2, 0.25) is 0 Å². The normalized spacial score (nSPS) is 15.4. The molecule has 2 N–H and O–H groups in total. The Labute approximate surface area is 96.4 Å². The van der Waals surface area contributed by atoms with E-state index in [0.29, 0.717) is 11.5 Å². The van der Waals surface area contributed by atoms with Gasteiger partial charge in [0.05, 0.1) is 11.5 Å². The van der Waals surface area contributed by atoms with E-state index in [1.165, 1.54) is 0 Å². The Balaban J connectivity index is 2.52. The van der Waals surface area contributed by atoms with E-state index in [1.54, 1.807) is 4.90 Å². The minimum atomic E-state index is 0.0853. The average molecular weight is 229 g/mol. The summed E-state index contributed by atoms with van der Waals surface area (Å²) in [7, 11) is 0. The van der Waals surface area contributed by atoms with Crippen molar-refractivity contribution in [3.8, 4) is 0 Å². The number of urea groups is 1. The maximum Gasteiger partial charge on any atom is 0.320 e. The largest absolute Gasteiger partial charge is 0.392 e. The van der Waals surface area contributed by atoms with Crippen molar-refractivity contribution in [3.05, 3.63) is 0 Å². The highest BCUT2D eigenvalue weighted by atomic mass is 32.1. The van der Waals surface area contributed by atoms with Gasteiger partial charge in [-0.3, -0.25) is 0 Å². The van der Waals surface area contributed by atoms with Crippen molar-refractivity contribution >= 4 is 23.2 Å². The molecule has 86 valence electrons. The number of amides is 2. The molecule has 0 saturated carbocycles. The summed E-state index contributed by atoms with van der Waals surface area (Å²) in [6, 6.07) is 0.0853. The monoisotopic (exact) mass is 229 g/mol. The molecule has 0 atom stereocenters. The van der Waals surface area contributed by atoms with Gasteiger partial charge in [-0.1, -0.05) is 19.1 Å². The lowest BCUT2D eigenvalue weighted by Crippen LogP contribution is -2.45. The number of nitrogens with zero attached hydrogens (tertiary/aromatic N) is 2. The van der Waals surface area contributed by atoms with Crippen molar-refractivity contribution in [3.63, 3.8) is 0 Å². The molecular weight excluding hydrogens is 210 g/mol. The molecule has 0 bridgehead atoms. The maximum atomic E-state index is 12.0. The van der Waals surface area contributed by atoms with E-state index >= 15 is 0 Å². The Morgan fingerprint density at radius 2 is 2.07 bits per heavy atom. The van der Waals surface area contributed by atoms with E-state index in [9.17, 15) is 4.79 Å². The van der Waals surface area contributed by atoms with Gasteiger partial charge < -0.3 is 15.5 Å². The van der Waals surface area contributed by atoms with Crippen LogP contribution in [0.3, 0.4) is 0 Å². The second-order valence-corrected chi connectivity index (χ2v) is 4.39. The third-order valence-electron chi connectivity index (χ3n) is 2.49. The Morgan fingerprint density at radius 3 is 2.53 bits per heavy atom. The Morgan fingerprint density at radius 1 is 1.47 bits per heavy atom. The third kappa shape index (κ3) is 3.66. The first-order valence-corrected chi connectivity index (χ1v) is 5.88. The third-order valence-corrected chi connectivity index (χ3v) is 2.62. The van der Waals surface area contributed by atoms with Crippen LogP contribution in [0.2, 0.25) is 0 Å². The van der Waals surface area contributed by atoms with Gasteiger partial charge >= 0.3 is 6.03 Å². The van der Waals surface area contributed by atoms with Gasteiger partial charge in [-0.2, -0.15) is 0 Å². The van der Waals surface area contributed by atoms with E-state index in [0.717, 1.165) is 38.9 Å². The molecule has 5 heteroatoms. The van der Waals surface area contributed by atoms with Crippen LogP contribution in [0.25, 0.3) is 0 Å². The summed E-state index contributed by atoms with van der Waals surface area (Å²) in [6.45, 7) is 4.92. The molecule has 15 heavy (non-hydrogen) atoms. The zero-order chi connectivity index (χ0) is 11.3. The highest BCUT2D eigenvalue weighted by Crippen LogP contribution is 2.10. The van der Waals surface area contributed by atoms with Gasteiger partial charge in [0.1, 0.15) is 0 Å². The van der Waals surface area contributed by atoms with Gasteiger partial charge in [-0.15, -0.1) is 0 Å². The smallest absolute Gasteiger partial charge is 0.320 e. The molecule has 2 amide bonds. The molecule has 1 aliphatic rings. The van der Waals surface area contributed by atoms with Gasteiger partial charge in [-0.25, -0.2) is 4.79 Å². The number of rotatable bonds is 4. The molecule has 0 unspecified atom stereocenters. The van der Waals surface area contributed by atoms with Crippen LogP contribution in [0.4, 0.5) is 4.79 Å². The number of hydrogen-bond donors (Lipinski definition) is 1. The topological polar surface area (TPSA) is 49.6 Å². The van der Waals surface area contributed by atoms with E-state index in [4.69, 9.17) is 18.0 Å². The van der Waals surface area contributed by atoms with Crippen LogP contribution < -0.4 is 5.73 Å². The first-order chi connectivity index (χ1) is 7.15. The number of carbonyl (C=O) groups excluding carboxylic acids is 1. The SMILES string of the molecule is CCCN(CC(N)=S)C(=O)N1CCCC1. The minimum absolute atomic E-state index is 0.0853. The number of thiocarbonyl (C=S) groups is 1. The molecule has 4 nitrogen and oxygen atoms in total. The van der Waals surface area contributed by atoms with Crippen LogP contribution in [-0.2, 0) is 0 Å². The molecule has 0 aromatic carbocycles. The van der Waals surface area contributed by atoms with Crippen molar-refractivity contribution in [2.45, 2.75) is 26.2 Å². The van der Waals surface area contributed by atoms with Crippen LogP contribution in [-0.4, -0.2) is 47.0 Å². The molecule has 1 fully saturated rings. The van der Waals surface area contributed by atoms with Crippen molar-refractivity contribution in [1.82, 2.24) is 9.80 Å². The molecule has 1 rings (SSSR count). The van der Waals surface area contributed by atoms with Crippen LogP contribution in [0.5, 0.6) is 0 Å².